The molecule has 2 aromatic carbocycles. The average molecular weight is 1370 g/mol. The van der Waals surface area contributed by atoms with Crippen LogP contribution in [-0.2, 0) is 68.6 Å². The average Bonchev–Trinajstić information content (AvgIpc) is 1.77. The Morgan fingerprint density at radius 1 is 0.732 bits per heavy atom. The Hall–Kier alpha value is -7.88. The first kappa shape index (κ1) is 79.8. The number of hydrogen-bond donors (Lipinski definition) is 5. The van der Waals surface area contributed by atoms with Crippen molar-refractivity contribution in [3.8, 4) is 0 Å². The molecule has 2 saturated heterocycles. The fourth-order valence-corrected chi connectivity index (χ4v) is 13.2. The lowest BCUT2D eigenvalue weighted by Gasteiger charge is -2.39. The van der Waals surface area contributed by atoms with Crippen molar-refractivity contribution in [2.24, 2.45) is 23.7 Å². The van der Waals surface area contributed by atoms with Crippen LogP contribution in [0.25, 0.3) is 0 Å². The summed E-state index contributed by atoms with van der Waals surface area (Å²) >= 11 is 1.47. The van der Waals surface area contributed by atoms with Crippen molar-refractivity contribution >= 4 is 82.2 Å². The Balaban J connectivity index is 1.19. The largest absolute Gasteiger partial charge is 0.431 e. The Bertz CT molecular complexity index is 3080. The van der Waals surface area contributed by atoms with E-state index in [0.29, 0.717) is 83.4 Å². The van der Waals surface area contributed by atoms with E-state index >= 15 is 0 Å². The molecule has 536 valence electrons. The number of likely N-dealkylation sites (N-methyl/N-ethyl adjacent to an activating group) is 3. The van der Waals surface area contributed by atoms with Gasteiger partial charge in [0.15, 0.2) is 0 Å². The van der Waals surface area contributed by atoms with Crippen LogP contribution >= 0.6 is 11.3 Å². The van der Waals surface area contributed by atoms with Crippen LogP contribution in [0.3, 0.4) is 0 Å². The Labute approximate surface area is 576 Å². The summed E-state index contributed by atoms with van der Waals surface area (Å²) in [5, 5.41) is 16.6. The molecule has 10 atom stereocenters. The molecule has 5 N–H and O–H groups in total. The van der Waals surface area contributed by atoms with E-state index in [0.717, 1.165) is 15.5 Å². The Kier molecular flexibility index (Phi) is 32.5. The van der Waals surface area contributed by atoms with E-state index in [2.05, 4.69) is 36.5 Å². The highest BCUT2D eigenvalue weighted by molar-refractivity contribution is 7.09. The highest BCUT2D eigenvalue weighted by atomic mass is 32.1. The summed E-state index contributed by atoms with van der Waals surface area (Å²) in [7, 11) is 7.96. The molecular weight excluding hydrogens is 1260 g/mol. The zero-order valence-corrected chi connectivity index (χ0v) is 60.1. The van der Waals surface area contributed by atoms with Gasteiger partial charge in [-0.15, -0.1) is 11.3 Å². The zero-order chi connectivity index (χ0) is 71.6. The van der Waals surface area contributed by atoms with Gasteiger partial charge in [-0.3, -0.25) is 57.7 Å². The molecule has 1 aromatic heterocycles. The van der Waals surface area contributed by atoms with Gasteiger partial charge in [0, 0.05) is 110 Å². The third kappa shape index (κ3) is 23.4. The minimum absolute atomic E-state index is 0.0841. The van der Waals surface area contributed by atoms with Crippen molar-refractivity contribution in [3.05, 3.63) is 82.3 Å². The number of ether oxygens (including phenoxy) is 3. The number of methoxy groups -OCH3 is 2. The SMILES string of the molecule is CCC(=O)N(CCCCCC(=O)NC(C(=O)NCC(=O)Nc1ccc(C(OC(=O)N(C)C(C(=O)NCC(=O)N(C)[C@@H]([C@@H](C)CC)[C@@H](CC(=O)N2CCC[C@H]2[C@H](OC)[C@@H](C)C(=O)N[C@@H](Cc2ccccc2)c2nccs2)OC)C(C)C)C(=O)N2CCN(C)CC2)cc1)C(C)C)C(C)=O. The lowest BCUT2D eigenvalue weighted by molar-refractivity contribution is -0.146. The first-order valence-electron chi connectivity index (χ1n) is 34.0. The number of hydrogen-bond acceptors (Lipinski definition) is 17. The minimum atomic E-state index is -1.48. The number of anilines is 1. The van der Waals surface area contributed by atoms with Gasteiger partial charge in [0.25, 0.3) is 5.91 Å². The molecule has 2 fully saturated rings. The molecule has 0 radical (unpaired) electrons. The van der Waals surface area contributed by atoms with Gasteiger partial charge >= 0.3 is 6.09 Å². The van der Waals surface area contributed by atoms with E-state index in [1.807, 2.05) is 63.5 Å². The van der Waals surface area contributed by atoms with Gasteiger partial charge in [0.1, 0.15) is 17.1 Å². The molecule has 97 heavy (non-hydrogen) atoms. The van der Waals surface area contributed by atoms with Crippen LogP contribution in [0.4, 0.5) is 10.5 Å². The summed E-state index contributed by atoms with van der Waals surface area (Å²) < 4.78 is 18.2. The molecule has 3 unspecified atom stereocenters. The summed E-state index contributed by atoms with van der Waals surface area (Å²) in [4.78, 5) is 163. The van der Waals surface area contributed by atoms with Crippen molar-refractivity contribution in [2.75, 3.05) is 93.0 Å². The lowest BCUT2D eigenvalue weighted by Crippen LogP contribution is -2.56. The van der Waals surface area contributed by atoms with Crippen LogP contribution in [0.2, 0.25) is 0 Å². The fraction of sp³-hybridized carbons (Fsp3) is 0.629. The molecule has 0 spiro atoms. The van der Waals surface area contributed by atoms with Crippen LogP contribution < -0.4 is 26.6 Å². The van der Waals surface area contributed by atoms with Crippen molar-refractivity contribution < 1.29 is 67.0 Å². The summed E-state index contributed by atoms with van der Waals surface area (Å²) in [6.45, 7) is 17.4. The van der Waals surface area contributed by atoms with Gasteiger partial charge in [-0.2, -0.15) is 0 Å². The summed E-state index contributed by atoms with van der Waals surface area (Å²) in [5.41, 5.74) is 1.62. The molecule has 27 heteroatoms. The summed E-state index contributed by atoms with van der Waals surface area (Å²) in [6.07, 6.45) is 2.13. The van der Waals surface area contributed by atoms with Gasteiger partial charge < -0.3 is 60.4 Å². The lowest BCUT2D eigenvalue weighted by atomic mass is 9.90. The second-order valence-electron chi connectivity index (χ2n) is 26.1. The second kappa shape index (κ2) is 39.5. The third-order valence-corrected chi connectivity index (χ3v) is 19.3. The van der Waals surface area contributed by atoms with E-state index in [1.165, 1.54) is 66.5 Å². The van der Waals surface area contributed by atoms with Gasteiger partial charge in [-0.05, 0) is 74.6 Å². The van der Waals surface area contributed by atoms with E-state index < -0.39 is 103 Å². The molecule has 2 aliphatic heterocycles. The second-order valence-corrected chi connectivity index (χ2v) is 27.0. The van der Waals surface area contributed by atoms with E-state index in [4.69, 9.17) is 14.2 Å². The number of nitrogens with one attached hydrogen (secondary N) is 5. The number of benzene rings is 2. The number of thiazole rings is 1. The predicted octanol–water partition coefficient (Wildman–Crippen LogP) is 5.73. The topological polar surface area (TPSA) is 308 Å². The van der Waals surface area contributed by atoms with E-state index in [9.17, 15) is 52.7 Å². The number of unbranched alkanes of at least 4 members (excludes halogenated alkanes) is 2. The molecule has 0 saturated carbocycles. The number of piperazine rings is 1. The standard InChI is InChI=1S/C70H106N12O14S/c1-15-46(7)62(54(94-13)41-58(87)82-34-23-26-53(82)63(95-14)47(8)65(89)75-52(68-71-32-39-97-68)40-49-24-19-17-20-25-49)78(11)59(88)43-73-67(91)61(45(5)6)79(12)70(93)96-64(69(92)80-37-35-77(10)36-38-80)50-28-30-51(31-29-50)74-56(85)42-72-66(90)60(44(3)4)76-55(84)27-21-18-22-33-81(48(9)83)57(86)16-2/h17,19-20,24-25,28-32,39,44-47,52-54,60-64H,15-16,18,21-23,26-27,33-38,40-43H2,1-14H3,(H,72,90)(H,73,91)(H,74,85)(H,75,89)(H,76,84)/t46-,47+,52-,53-,54+,60?,61?,62-,63+,64?/m0/s1. The molecule has 26 nitrogen and oxygen atoms in total. The first-order chi connectivity index (χ1) is 46.1. The zero-order valence-electron chi connectivity index (χ0n) is 59.3. The normalized spacial score (nSPS) is 16.9. The Morgan fingerprint density at radius 2 is 1.40 bits per heavy atom. The smallest absolute Gasteiger partial charge is 0.411 e. The quantitative estimate of drug-likeness (QED) is 0.0434. The van der Waals surface area contributed by atoms with Crippen molar-refractivity contribution in [1.82, 2.24) is 55.7 Å². The number of carbonyl (C=O) groups is 11. The first-order valence-corrected chi connectivity index (χ1v) is 34.8. The monoisotopic (exact) mass is 1370 g/mol. The maximum Gasteiger partial charge on any atom is 0.411 e. The maximum absolute atomic E-state index is 14.5. The number of aromatic nitrogens is 1. The number of nitrogens with zero attached hydrogens (tertiary/aromatic N) is 7. The number of amides is 11. The fourth-order valence-electron chi connectivity index (χ4n) is 12.5. The summed E-state index contributed by atoms with van der Waals surface area (Å²) in [6, 6.07) is 12.4. The van der Waals surface area contributed by atoms with Crippen molar-refractivity contribution in [3.63, 3.8) is 0 Å². The molecule has 5 rings (SSSR count). The van der Waals surface area contributed by atoms with Crippen LogP contribution in [0.5, 0.6) is 0 Å². The van der Waals surface area contributed by atoms with E-state index in [-0.39, 0.29) is 78.8 Å². The van der Waals surface area contributed by atoms with Gasteiger partial charge in [-0.25, -0.2) is 9.78 Å². The number of likely N-dealkylation sites (tertiary alicyclic amines) is 1. The molecule has 2 aliphatic rings. The summed E-state index contributed by atoms with van der Waals surface area (Å²) in [5.74, 6) is -5.83. The highest BCUT2D eigenvalue weighted by Gasteiger charge is 2.43. The number of carbonyl (C=O) groups excluding carboxylic acids is 11. The number of imide groups is 1. The van der Waals surface area contributed by atoms with E-state index in [1.54, 1.807) is 64.8 Å². The molecule has 0 bridgehead atoms. The van der Waals surface area contributed by atoms with Gasteiger partial charge in [-0.1, -0.05) is 111 Å². The molecular formula is C70H106N12O14S. The van der Waals surface area contributed by atoms with Gasteiger partial charge in [0.2, 0.25) is 59.3 Å². The van der Waals surface area contributed by atoms with Crippen LogP contribution in [0.1, 0.15) is 148 Å². The van der Waals surface area contributed by atoms with Crippen molar-refractivity contribution in [2.45, 2.75) is 175 Å². The van der Waals surface area contributed by atoms with Crippen LogP contribution in [0, 0.1) is 23.7 Å². The highest BCUT2D eigenvalue weighted by Crippen LogP contribution is 2.31. The van der Waals surface area contributed by atoms with Crippen LogP contribution in [0.15, 0.2) is 66.2 Å². The number of rotatable bonds is 36. The third-order valence-electron chi connectivity index (χ3n) is 18.4. The maximum atomic E-state index is 14.5. The molecule has 0 aliphatic carbocycles. The Morgan fingerprint density at radius 3 is 1.99 bits per heavy atom. The minimum Gasteiger partial charge on any atom is -0.431 e. The van der Waals surface area contributed by atoms with Gasteiger partial charge in [0.05, 0.1) is 55.8 Å². The molecule has 3 heterocycles. The molecule has 3 aromatic rings. The molecule has 11 amide bonds. The predicted molar refractivity (Wildman–Crippen MR) is 368 cm³/mol. The van der Waals surface area contributed by atoms with Crippen LogP contribution in [-0.4, -0.2) is 224 Å². The van der Waals surface area contributed by atoms with Crippen molar-refractivity contribution in [1.29, 1.82) is 0 Å².